The van der Waals surface area contributed by atoms with Crippen LogP contribution >= 0.6 is 0 Å². The highest BCUT2D eigenvalue weighted by Crippen LogP contribution is 2.12. The van der Waals surface area contributed by atoms with E-state index in [9.17, 15) is 4.79 Å². The van der Waals surface area contributed by atoms with Gasteiger partial charge in [0.15, 0.2) is 0 Å². The topological polar surface area (TPSA) is 55.1 Å². The lowest BCUT2D eigenvalue weighted by atomic mass is 10.1. The first kappa shape index (κ1) is 12.7. The first-order valence-electron chi connectivity index (χ1n) is 5.85. The maximum absolute atomic E-state index is 11.4. The van der Waals surface area contributed by atoms with Crippen LogP contribution in [0.1, 0.15) is 31.7 Å². The average molecular weight is 220 g/mol. The molecule has 0 aliphatic carbocycles. The molecule has 3 heteroatoms. The van der Waals surface area contributed by atoms with Gasteiger partial charge >= 0.3 is 0 Å². The molecular formula is C13H20N2O. The molecule has 16 heavy (non-hydrogen) atoms. The Bertz CT molecular complexity index is 336. The second-order valence-corrected chi connectivity index (χ2v) is 3.89. The summed E-state index contributed by atoms with van der Waals surface area (Å²) in [5.74, 6) is 0.0819. The van der Waals surface area contributed by atoms with Crippen LogP contribution in [0.15, 0.2) is 24.3 Å². The van der Waals surface area contributed by atoms with E-state index in [1.54, 1.807) is 0 Å². The van der Waals surface area contributed by atoms with Gasteiger partial charge in [0.2, 0.25) is 5.91 Å². The number of hydrogen-bond acceptors (Lipinski definition) is 2. The maximum atomic E-state index is 11.4. The first-order chi connectivity index (χ1) is 7.76. The molecule has 0 saturated carbocycles. The molecule has 1 aromatic carbocycles. The molecule has 0 spiro atoms. The Labute approximate surface area is 97.0 Å². The number of benzene rings is 1. The van der Waals surface area contributed by atoms with Crippen LogP contribution in [0.25, 0.3) is 0 Å². The van der Waals surface area contributed by atoms with Gasteiger partial charge in [-0.25, -0.2) is 0 Å². The number of nitrogens with one attached hydrogen (secondary N) is 1. The molecule has 0 aliphatic rings. The molecule has 0 heterocycles. The highest BCUT2D eigenvalue weighted by Gasteiger charge is 2.01. The van der Waals surface area contributed by atoms with E-state index >= 15 is 0 Å². The Hall–Kier alpha value is -1.35. The summed E-state index contributed by atoms with van der Waals surface area (Å²) in [6, 6.07) is 7.96. The fourth-order valence-electron chi connectivity index (χ4n) is 1.56. The van der Waals surface area contributed by atoms with Crippen LogP contribution in [0.3, 0.4) is 0 Å². The van der Waals surface area contributed by atoms with Crippen LogP contribution in [0.2, 0.25) is 0 Å². The zero-order chi connectivity index (χ0) is 11.8. The first-order valence-corrected chi connectivity index (χ1v) is 5.85. The standard InChI is InChI=1S/C13H20N2O/c1-2-5-13(16)15-12-8-3-6-11(10-12)7-4-9-14/h3,6,8,10H,2,4-5,7,9,14H2,1H3,(H,15,16). The molecule has 0 aromatic heterocycles. The smallest absolute Gasteiger partial charge is 0.224 e. The predicted octanol–water partition coefficient (Wildman–Crippen LogP) is 2.32. The fourth-order valence-corrected chi connectivity index (χ4v) is 1.56. The third kappa shape index (κ3) is 4.45. The summed E-state index contributed by atoms with van der Waals surface area (Å²) in [7, 11) is 0. The number of rotatable bonds is 6. The van der Waals surface area contributed by atoms with E-state index in [0.29, 0.717) is 13.0 Å². The lowest BCUT2D eigenvalue weighted by molar-refractivity contribution is -0.116. The van der Waals surface area contributed by atoms with Gasteiger partial charge in [-0.05, 0) is 43.5 Å². The molecule has 1 rings (SSSR count). The van der Waals surface area contributed by atoms with Gasteiger partial charge in [0, 0.05) is 12.1 Å². The number of carbonyl (C=O) groups excluding carboxylic acids is 1. The molecule has 3 N–H and O–H groups in total. The molecule has 1 amide bonds. The van der Waals surface area contributed by atoms with E-state index in [1.807, 2.05) is 25.1 Å². The average Bonchev–Trinajstić information content (AvgIpc) is 2.27. The van der Waals surface area contributed by atoms with Gasteiger partial charge in [-0.3, -0.25) is 4.79 Å². The normalized spacial score (nSPS) is 10.1. The summed E-state index contributed by atoms with van der Waals surface area (Å²) in [5, 5.41) is 2.89. The minimum absolute atomic E-state index is 0.0819. The molecule has 0 saturated heterocycles. The lowest BCUT2D eigenvalue weighted by Gasteiger charge is -2.06. The number of nitrogens with two attached hydrogens (primary N) is 1. The van der Waals surface area contributed by atoms with Crippen LogP contribution in [0.5, 0.6) is 0 Å². The van der Waals surface area contributed by atoms with E-state index in [2.05, 4.69) is 11.4 Å². The SMILES string of the molecule is CCCC(=O)Nc1cccc(CCCN)c1. The number of anilines is 1. The molecule has 0 atom stereocenters. The summed E-state index contributed by atoms with van der Waals surface area (Å²) >= 11 is 0. The molecule has 0 fully saturated rings. The second kappa shape index (κ2) is 7.01. The van der Waals surface area contributed by atoms with Crippen molar-refractivity contribution in [2.45, 2.75) is 32.6 Å². The molecule has 0 unspecified atom stereocenters. The number of hydrogen-bond donors (Lipinski definition) is 2. The highest BCUT2D eigenvalue weighted by molar-refractivity contribution is 5.90. The molecular weight excluding hydrogens is 200 g/mol. The second-order valence-electron chi connectivity index (χ2n) is 3.89. The Morgan fingerprint density at radius 1 is 1.44 bits per heavy atom. The third-order valence-corrected chi connectivity index (χ3v) is 2.36. The summed E-state index contributed by atoms with van der Waals surface area (Å²) in [5.41, 5.74) is 7.57. The van der Waals surface area contributed by atoms with E-state index < -0.39 is 0 Å². The molecule has 0 aliphatic heterocycles. The van der Waals surface area contributed by atoms with E-state index in [4.69, 9.17) is 5.73 Å². The highest BCUT2D eigenvalue weighted by atomic mass is 16.1. The van der Waals surface area contributed by atoms with E-state index in [1.165, 1.54) is 5.56 Å². The van der Waals surface area contributed by atoms with Crippen molar-refractivity contribution < 1.29 is 4.79 Å². The minimum Gasteiger partial charge on any atom is -0.330 e. The van der Waals surface area contributed by atoms with Crippen molar-refractivity contribution in [1.29, 1.82) is 0 Å². The molecule has 0 radical (unpaired) electrons. The van der Waals surface area contributed by atoms with Crippen molar-refractivity contribution in [1.82, 2.24) is 0 Å². The van der Waals surface area contributed by atoms with Gasteiger partial charge < -0.3 is 11.1 Å². The quantitative estimate of drug-likeness (QED) is 0.773. The monoisotopic (exact) mass is 220 g/mol. The van der Waals surface area contributed by atoms with Crippen molar-refractivity contribution in [2.75, 3.05) is 11.9 Å². The molecule has 88 valence electrons. The van der Waals surface area contributed by atoms with Crippen LogP contribution in [-0.2, 0) is 11.2 Å². The van der Waals surface area contributed by atoms with E-state index in [-0.39, 0.29) is 5.91 Å². The molecule has 1 aromatic rings. The lowest BCUT2D eigenvalue weighted by Crippen LogP contribution is -2.10. The number of aryl methyl sites for hydroxylation is 1. The minimum atomic E-state index is 0.0819. The van der Waals surface area contributed by atoms with Crippen LogP contribution < -0.4 is 11.1 Å². The van der Waals surface area contributed by atoms with E-state index in [0.717, 1.165) is 24.9 Å². The van der Waals surface area contributed by atoms with Crippen molar-refractivity contribution in [3.8, 4) is 0 Å². The molecule has 0 bridgehead atoms. The Morgan fingerprint density at radius 2 is 2.25 bits per heavy atom. The Kier molecular flexibility index (Phi) is 5.57. The summed E-state index contributed by atoms with van der Waals surface area (Å²) in [4.78, 5) is 11.4. The fraction of sp³-hybridized carbons (Fsp3) is 0.462. The third-order valence-electron chi connectivity index (χ3n) is 2.36. The number of carbonyl (C=O) groups is 1. The zero-order valence-corrected chi connectivity index (χ0v) is 9.83. The Balaban J connectivity index is 2.56. The van der Waals surface area contributed by atoms with Crippen LogP contribution in [0.4, 0.5) is 5.69 Å². The van der Waals surface area contributed by atoms with Crippen molar-refractivity contribution >= 4 is 11.6 Å². The zero-order valence-electron chi connectivity index (χ0n) is 9.83. The van der Waals surface area contributed by atoms with Gasteiger partial charge in [-0.1, -0.05) is 19.1 Å². The van der Waals surface area contributed by atoms with Crippen LogP contribution in [-0.4, -0.2) is 12.5 Å². The van der Waals surface area contributed by atoms with Gasteiger partial charge in [-0.15, -0.1) is 0 Å². The Morgan fingerprint density at radius 3 is 2.94 bits per heavy atom. The summed E-state index contributed by atoms with van der Waals surface area (Å²) in [6.07, 6.45) is 3.39. The maximum Gasteiger partial charge on any atom is 0.224 e. The van der Waals surface area contributed by atoms with Gasteiger partial charge in [0.05, 0.1) is 0 Å². The molecule has 3 nitrogen and oxygen atoms in total. The summed E-state index contributed by atoms with van der Waals surface area (Å²) in [6.45, 7) is 2.70. The largest absolute Gasteiger partial charge is 0.330 e. The van der Waals surface area contributed by atoms with Crippen molar-refractivity contribution in [3.63, 3.8) is 0 Å². The number of amides is 1. The van der Waals surface area contributed by atoms with Gasteiger partial charge in [-0.2, -0.15) is 0 Å². The van der Waals surface area contributed by atoms with Gasteiger partial charge in [0.1, 0.15) is 0 Å². The van der Waals surface area contributed by atoms with Gasteiger partial charge in [0.25, 0.3) is 0 Å². The van der Waals surface area contributed by atoms with Crippen LogP contribution in [0, 0.1) is 0 Å². The van der Waals surface area contributed by atoms with Crippen molar-refractivity contribution in [2.24, 2.45) is 5.73 Å². The van der Waals surface area contributed by atoms with Crippen molar-refractivity contribution in [3.05, 3.63) is 29.8 Å². The predicted molar refractivity (Wildman–Crippen MR) is 67.4 cm³/mol. The summed E-state index contributed by atoms with van der Waals surface area (Å²) < 4.78 is 0.